The summed E-state index contributed by atoms with van der Waals surface area (Å²) in [5.41, 5.74) is 1.15. The largest absolute Gasteiger partial charge is 0.382 e. The quantitative estimate of drug-likeness (QED) is 0.772. The first-order valence-corrected chi connectivity index (χ1v) is 6.07. The molecular weight excluding hydrogens is 186 g/mol. The highest BCUT2D eigenvalue weighted by Gasteiger charge is 2.11. The third-order valence-electron chi connectivity index (χ3n) is 3.27. The molecule has 0 radical (unpaired) electrons. The van der Waals surface area contributed by atoms with Crippen molar-refractivity contribution in [2.45, 2.75) is 38.5 Å². The van der Waals surface area contributed by atoms with Crippen LogP contribution in [0.25, 0.3) is 0 Å². The molecule has 1 aromatic rings. The van der Waals surface area contributed by atoms with Crippen molar-refractivity contribution in [1.82, 2.24) is 9.78 Å². The van der Waals surface area contributed by atoms with Gasteiger partial charge in [-0.05, 0) is 18.8 Å². The summed E-state index contributed by atoms with van der Waals surface area (Å²) in [6.07, 6.45) is 12.4. The number of aryl methyl sites for hydroxylation is 1. The van der Waals surface area contributed by atoms with Crippen molar-refractivity contribution in [2.24, 2.45) is 13.0 Å². The maximum Gasteiger partial charge on any atom is 0.0726 e. The van der Waals surface area contributed by atoms with E-state index in [2.05, 4.69) is 10.4 Å². The third-order valence-corrected chi connectivity index (χ3v) is 3.27. The van der Waals surface area contributed by atoms with Gasteiger partial charge in [0.25, 0.3) is 0 Å². The van der Waals surface area contributed by atoms with Gasteiger partial charge in [0.2, 0.25) is 0 Å². The normalized spacial score (nSPS) is 18.7. The molecule has 0 aliphatic heterocycles. The van der Waals surface area contributed by atoms with Crippen molar-refractivity contribution < 1.29 is 0 Å². The molecule has 2 rings (SSSR count). The fourth-order valence-corrected chi connectivity index (χ4v) is 2.34. The van der Waals surface area contributed by atoms with Gasteiger partial charge < -0.3 is 5.32 Å². The zero-order chi connectivity index (χ0) is 10.5. The highest BCUT2D eigenvalue weighted by molar-refractivity contribution is 5.37. The molecule has 0 bridgehead atoms. The van der Waals surface area contributed by atoms with Crippen LogP contribution in [0.1, 0.15) is 38.5 Å². The van der Waals surface area contributed by atoms with E-state index in [1.54, 1.807) is 0 Å². The lowest BCUT2D eigenvalue weighted by atomic mass is 10.0. The minimum atomic E-state index is 0.868. The van der Waals surface area contributed by atoms with Crippen LogP contribution < -0.4 is 5.32 Å². The van der Waals surface area contributed by atoms with Crippen LogP contribution in [-0.2, 0) is 7.05 Å². The second-order valence-corrected chi connectivity index (χ2v) is 4.64. The monoisotopic (exact) mass is 207 g/mol. The molecule has 0 aromatic carbocycles. The smallest absolute Gasteiger partial charge is 0.0726 e. The molecule has 1 heterocycles. The molecule has 84 valence electrons. The first-order valence-electron chi connectivity index (χ1n) is 6.07. The molecule has 1 N–H and O–H groups in total. The number of aromatic nitrogens is 2. The van der Waals surface area contributed by atoms with Gasteiger partial charge in [0.05, 0.1) is 11.9 Å². The van der Waals surface area contributed by atoms with Gasteiger partial charge in [-0.15, -0.1) is 0 Å². The minimum Gasteiger partial charge on any atom is -0.382 e. The Morgan fingerprint density at radius 1 is 1.33 bits per heavy atom. The standard InChI is InChI=1S/C12H21N3/c1-15-10-12(9-14-15)13-8-11-6-4-2-3-5-7-11/h9-11,13H,2-8H2,1H3. The molecule has 3 nitrogen and oxygen atoms in total. The van der Waals surface area contributed by atoms with Crippen LogP contribution in [0.5, 0.6) is 0 Å². The van der Waals surface area contributed by atoms with E-state index in [1.165, 1.54) is 38.5 Å². The summed E-state index contributed by atoms with van der Waals surface area (Å²) < 4.78 is 1.84. The van der Waals surface area contributed by atoms with Gasteiger partial charge in [0.1, 0.15) is 0 Å². The summed E-state index contributed by atoms with van der Waals surface area (Å²) >= 11 is 0. The predicted octanol–water partition coefficient (Wildman–Crippen LogP) is 2.80. The van der Waals surface area contributed by atoms with Crippen LogP contribution in [-0.4, -0.2) is 16.3 Å². The molecule has 0 atom stereocenters. The Hall–Kier alpha value is -0.990. The van der Waals surface area contributed by atoms with E-state index in [-0.39, 0.29) is 0 Å². The number of hydrogen-bond acceptors (Lipinski definition) is 2. The average molecular weight is 207 g/mol. The van der Waals surface area contributed by atoms with Crippen molar-refractivity contribution >= 4 is 5.69 Å². The Bertz CT molecular complexity index is 285. The molecule has 1 aliphatic rings. The van der Waals surface area contributed by atoms with E-state index in [0.717, 1.165) is 18.2 Å². The Morgan fingerprint density at radius 2 is 2.07 bits per heavy atom. The fraction of sp³-hybridized carbons (Fsp3) is 0.750. The number of hydrogen-bond donors (Lipinski definition) is 1. The Balaban J connectivity index is 1.76. The van der Waals surface area contributed by atoms with Gasteiger partial charge in [-0.25, -0.2) is 0 Å². The maximum absolute atomic E-state index is 4.15. The molecular formula is C12H21N3. The van der Waals surface area contributed by atoms with Crippen molar-refractivity contribution in [3.8, 4) is 0 Å². The highest BCUT2D eigenvalue weighted by atomic mass is 15.3. The average Bonchev–Trinajstić information content (AvgIpc) is 2.52. The fourth-order valence-electron chi connectivity index (χ4n) is 2.34. The van der Waals surface area contributed by atoms with E-state index >= 15 is 0 Å². The molecule has 0 saturated heterocycles. The van der Waals surface area contributed by atoms with Gasteiger partial charge in [-0.3, -0.25) is 4.68 Å². The Labute approximate surface area is 91.9 Å². The first-order chi connectivity index (χ1) is 7.34. The lowest BCUT2D eigenvalue weighted by Gasteiger charge is -2.14. The van der Waals surface area contributed by atoms with Gasteiger partial charge in [0.15, 0.2) is 0 Å². The van der Waals surface area contributed by atoms with Gasteiger partial charge in [-0.1, -0.05) is 25.7 Å². The summed E-state index contributed by atoms with van der Waals surface area (Å²) in [5, 5.41) is 7.63. The molecule has 0 unspecified atom stereocenters. The summed E-state index contributed by atoms with van der Waals surface area (Å²) in [5.74, 6) is 0.868. The van der Waals surface area contributed by atoms with Crippen LogP contribution >= 0.6 is 0 Å². The molecule has 15 heavy (non-hydrogen) atoms. The number of nitrogens with zero attached hydrogens (tertiary/aromatic N) is 2. The third kappa shape index (κ3) is 3.26. The first kappa shape index (κ1) is 10.5. The summed E-state index contributed by atoms with van der Waals surface area (Å²) in [7, 11) is 1.96. The van der Waals surface area contributed by atoms with E-state index in [4.69, 9.17) is 0 Å². The number of rotatable bonds is 3. The summed E-state index contributed by atoms with van der Waals surface area (Å²) in [6, 6.07) is 0. The van der Waals surface area contributed by atoms with Crippen LogP contribution in [0.4, 0.5) is 5.69 Å². The van der Waals surface area contributed by atoms with Gasteiger partial charge in [0, 0.05) is 19.8 Å². The second kappa shape index (κ2) is 5.19. The van der Waals surface area contributed by atoms with Crippen molar-refractivity contribution in [3.05, 3.63) is 12.4 Å². The van der Waals surface area contributed by atoms with Crippen molar-refractivity contribution in [1.29, 1.82) is 0 Å². The molecule has 1 aromatic heterocycles. The van der Waals surface area contributed by atoms with E-state index in [9.17, 15) is 0 Å². The summed E-state index contributed by atoms with van der Waals surface area (Å²) in [6.45, 7) is 1.12. The van der Waals surface area contributed by atoms with Crippen LogP contribution in [0.2, 0.25) is 0 Å². The molecule has 3 heteroatoms. The van der Waals surface area contributed by atoms with E-state index in [0.29, 0.717) is 0 Å². The van der Waals surface area contributed by atoms with Crippen molar-refractivity contribution in [3.63, 3.8) is 0 Å². The molecule has 1 aliphatic carbocycles. The minimum absolute atomic E-state index is 0.868. The molecule has 0 amide bonds. The van der Waals surface area contributed by atoms with Gasteiger partial charge >= 0.3 is 0 Å². The Kier molecular flexibility index (Phi) is 3.64. The zero-order valence-corrected chi connectivity index (χ0v) is 9.58. The maximum atomic E-state index is 4.15. The van der Waals surface area contributed by atoms with Crippen LogP contribution in [0, 0.1) is 5.92 Å². The van der Waals surface area contributed by atoms with E-state index in [1.807, 2.05) is 24.1 Å². The lowest BCUT2D eigenvalue weighted by molar-refractivity contribution is 0.483. The van der Waals surface area contributed by atoms with Gasteiger partial charge in [-0.2, -0.15) is 5.10 Å². The Morgan fingerprint density at radius 3 is 2.67 bits per heavy atom. The topological polar surface area (TPSA) is 29.9 Å². The van der Waals surface area contributed by atoms with Crippen molar-refractivity contribution in [2.75, 3.05) is 11.9 Å². The summed E-state index contributed by atoms with van der Waals surface area (Å²) in [4.78, 5) is 0. The molecule has 1 saturated carbocycles. The number of nitrogens with one attached hydrogen (secondary N) is 1. The SMILES string of the molecule is Cn1cc(NCC2CCCCCC2)cn1. The molecule has 0 spiro atoms. The highest BCUT2D eigenvalue weighted by Crippen LogP contribution is 2.23. The predicted molar refractivity (Wildman–Crippen MR) is 62.9 cm³/mol. The zero-order valence-electron chi connectivity index (χ0n) is 9.58. The molecule has 1 fully saturated rings. The van der Waals surface area contributed by atoms with E-state index < -0.39 is 0 Å². The van der Waals surface area contributed by atoms with Crippen LogP contribution in [0.3, 0.4) is 0 Å². The second-order valence-electron chi connectivity index (χ2n) is 4.64. The lowest BCUT2D eigenvalue weighted by Crippen LogP contribution is -2.13. The van der Waals surface area contributed by atoms with Crippen LogP contribution in [0.15, 0.2) is 12.4 Å². The number of anilines is 1.